The van der Waals surface area contributed by atoms with Gasteiger partial charge in [0.1, 0.15) is 0 Å². The Kier molecular flexibility index (Phi) is 3.49. The molecule has 0 radical (unpaired) electrons. The summed E-state index contributed by atoms with van der Waals surface area (Å²) in [6.07, 6.45) is 3.00. The molecule has 0 aliphatic carbocycles. The molecule has 0 saturated carbocycles. The van der Waals surface area contributed by atoms with Gasteiger partial charge in [0.15, 0.2) is 6.29 Å². The van der Waals surface area contributed by atoms with E-state index in [1.807, 2.05) is 0 Å². The van der Waals surface area contributed by atoms with Gasteiger partial charge in [-0.05, 0) is 19.8 Å². The van der Waals surface area contributed by atoms with Crippen LogP contribution in [0.5, 0.6) is 0 Å². The molecule has 0 amide bonds. The number of hydrogen-bond donors (Lipinski definition) is 0. The number of nitrogens with zero attached hydrogens (tertiary/aromatic N) is 2. The zero-order chi connectivity index (χ0) is 10.6. The van der Waals surface area contributed by atoms with Crippen molar-refractivity contribution < 1.29 is 14.0 Å². The van der Waals surface area contributed by atoms with E-state index in [2.05, 4.69) is 4.99 Å². The SMILES string of the molecule is CC(F)(C=O)N1CCC(N=C=O)CC1. The van der Waals surface area contributed by atoms with E-state index in [0.29, 0.717) is 32.2 Å². The lowest BCUT2D eigenvalue weighted by molar-refractivity contribution is -0.130. The number of carbonyl (C=O) groups is 1. The van der Waals surface area contributed by atoms with E-state index in [1.54, 1.807) is 0 Å². The number of likely N-dealkylation sites (tertiary alicyclic amines) is 1. The largest absolute Gasteiger partial charge is 0.298 e. The Balaban J connectivity index is 2.50. The molecule has 0 spiro atoms. The number of isocyanates is 1. The third-order valence-electron chi connectivity index (χ3n) is 2.53. The van der Waals surface area contributed by atoms with Gasteiger partial charge in [0.25, 0.3) is 0 Å². The van der Waals surface area contributed by atoms with Crippen molar-refractivity contribution in [3.05, 3.63) is 0 Å². The Morgan fingerprint density at radius 3 is 2.57 bits per heavy atom. The monoisotopic (exact) mass is 200 g/mol. The lowest BCUT2D eigenvalue weighted by Crippen LogP contribution is -2.48. The first-order valence-electron chi connectivity index (χ1n) is 4.57. The molecule has 0 aromatic rings. The maximum Gasteiger partial charge on any atom is 0.235 e. The number of carbonyl (C=O) groups excluding carboxylic acids is 2. The van der Waals surface area contributed by atoms with Crippen molar-refractivity contribution in [3.63, 3.8) is 0 Å². The molecule has 1 heterocycles. The molecule has 1 unspecified atom stereocenters. The number of alkyl halides is 1. The van der Waals surface area contributed by atoms with Gasteiger partial charge in [0.2, 0.25) is 11.9 Å². The van der Waals surface area contributed by atoms with Gasteiger partial charge in [0.05, 0.1) is 6.04 Å². The summed E-state index contributed by atoms with van der Waals surface area (Å²) in [6.45, 7) is 2.13. The van der Waals surface area contributed by atoms with Crippen LogP contribution in [0.25, 0.3) is 0 Å². The van der Waals surface area contributed by atoms with Gasteiger partial charge in [-0.1, -0.05) is 0 Å². The first-order valence-corrected chi connectivity index (χ1v) is 4.57. The van der Waals surface area contributed by atoms with Gasteiger partial charge in [-0.2, -0.15) is 0 Å². The molecule has 0 N–H and O–H groups in total. The maximum atomic E-state index is 13.5. The third-order valence-corrected chi connectivity index (χ3v) is 2.53. The highest BCUT2D eigenvalue weighted by Crippen LogP contribution is 2.21. The second kappa shape index (κ2) is 4.44. The van der Waals surface area contributed by atoms with Crippen molar-refractivity contribution in [2.24, 2.45) is 4.99 Å². The molecule has 14 heavy (non-hydrogen) atoms. The van der Waals surface area contributed by atoms with Crippen molar-refractivity contribution in [1.82, 2.24) is 4.90 Å². The molecule has 1 aliphatic rings. The first kappa shape index (κ1) is 11.0. The van der Waals surface area contributed by atoms with Crippen molar-refractivity contribution in [2.75, 3.05) is 13.1 Å². The van der Waals surface area contributed by atoms with Crippen LogP contribution in [0.4, 0.5) is 4.39 Å². The summed E-state index contributed by atoms with van der Waals surface area (Å²) in [4.78, 5) is 25.4. The number of rotatable bonds is 3. The molecule has 78 valence electrons. The van der Waals surface area contributed by atoms with Gasteiger partial charge in [0, 0.05) is 13.1 Å². The number of piperidine rings is 1. The van der Waals surface area contributed by atoms with Crippen LogP contribution >= 0.6 is 0 Å². The van der Waals surface area contributed by atoms with Crippen LogP contribution in [0.3, 0.4) is 0 Å². The summed E-state index contributed by atoms with van der Waals surface area (Å²) in [5.74, 6) is -1.89. The predicted octanol–water partition coefficient (Wildman–Crippen LogP) is 0.671. The van der Waals surface area contributed by atoms with E-state index in [9.17, 15) is 14.0 Å². The molecule has 1 rings (SSSR count). The average Bonchev–Trinajstić information content (AvgIpc) is 2.19. The fourth-order valence-corrected chi connectivity index (χ4v) is 1.58. The lowest BCUT2D eigenvalue weighted by Gasteiger charge is -2.35. The van der Waals surface area contributed by atoms with Gasteiger partial charge < -0.3 is 0 Å². The molecule has 4 nitrogen and oxygen atoms in total. The fourth-order valence-electron chi connectivity index (χ4n) is 1.58. The topological polar surface area (TPSA) is 49.7 Å². The summed E-state index contributed by atoms with van der Waals surface area (Å²) in [5, 5.41) is 0. The van der Waals surface area contributed by atoms with Crippen LogP contribution in [0.15, 0.2) is 4.99 Å². The highest BCUT2D eigenvalue weighted by atomic mass is 19.1. The molecule has 1 atom stereocenters. The van der Waals surface area contributed by atoms with E-state index in [-0.39, 0.29) is 6.04 Å². The summed E-state index contributed by atoms with van der Waals surface area (Å²) in [6, 6.07) is -0.0637. The van der Waals surface area contributed by atoms with Crippen molar-refractivity contribution >= 4 is 12.4 Å². The number of halogens is 1. The second-order valence-electron chi connectivity index (χ2n) is 3.58. The molecular weight excluding hydrogens is 187 g/mol. The Morgan fingerprint density at radius 2 is 2.14 bits per heavy atom. The summed E-state index contributed by atoms with van der Waals surface area (Å²) >= 11 is 0. The fraction of sp³-hybridized carbons (Fsp3) is 0.778. The van der Waals surface area contributed by atoms with E-state index >= 15 is 0 Å². The molecular formula is C9H13FN2O2. The minimum Gasteiger partial charge on any atom is -0.298 e. The van der Waals surface area contributed by atoms with E-state index in [1.165, 1.54) is 17.9 Å². The van der Waals surface area contributed by atoms with Gasteiger partial charge in [-0.15, -0.1) is 0 Å². The van der Waals surface area contributed by atoms with E-state index in [0.717, 1.165) is 0 Å². The van der Waals surface area contributed by atoms with Crippen LogP contribution in [0, 0.1) is 0 Å². The van der Waals surface area contributed by atoms with Crippen molar-refractivity contribution in [1.29, 1.82) is 0 Å². The van der Waals surface area contributed by atoms with Gasteiger partial charge >= 0.3 is 0 Å². The first-order chi connectivity index (χ1) is 6.60. The standard InChI is InChI=1S/C9H13FN2O2/c1-9(10,6-13)12-4-2-8(3-5-12)11-7-14/h6,8H,2-5H2,1H3. The Labute approximate surface area is 81.8 Å². The number of aliphatic imine (C=N–C) groups is 1. The second-order valence-corrected chi connectivity index (χ2v) is 3.58. The van der Waals surface area contributed by atoms with Gasteiger partial charge in [-0.25, -0.2) is 14.2 Å². The molecule has 0 bridgehead atoms. The minimum absolute atomic E-state index is 0.0637. The van der Waals surface area contributed by atoms with E-state index < -0.39 is 5.79 Å². The van der Waals surface area contributed by atoms with E-state index in [4.69, 9.17) is 0 Å². The van der Waals surface area contributed by atoms with Crippen molar-refractivity contribution in [2.45, 2.75) is 31.6 Å². The van der Waals surface area contributed by atoms with Crippen LogP contribution in [0.1, 0.15) is 19.8 Å². The molecule has 1 fully saturated rings. The summed E-state index contributed by atoms with van der Waals surface area (Å²) in [7, 11) is 0. The molecule has 1 saturated heterocycles. The van der Waals surface area contributed by atoms with Crippen LogP contribution < -0.4 is 0 Å². The zero-order valence-electron chi connectivity index (χ0n) is 8.07. The Morgan fingerprint density at radius 1 is 1.57 bits per heavy atom. The number of hydrogen-bond acceptors (Lipinski definition) is 4. The quantitative estimate of drug-likeness (QED) is 0.291. The van der Waals surface area contributed by atoms with Crippen LogP contribution in [0.2, 0.25) is 0 Å². The molecule has 0 aromatic heterocycles. The van der Waals surface area contributed by atoms with Crippen molar-refractivity contribution in [3.8, 4) is 0 Å². The zero-order valence-corrected chi connectivity index (χ0v) is 8.07. The lowest BCUT2D eigenvalue weighted by atomic mass is 10.0. The number of aldehydes is 1. The molecule has 1 aliphatic heterocycles. The minimum atomic E-state index is -1.89. The Hall–Kier alpha value is -1.06. The summed E-state index contributed by atoms with van der Waals surface area (Å²) in [5.41, 5.74) is 0. The normalized spacial score (nSPS) is 23.6. The Bertz CT molecular complexity index is 254. The molecule has 0 aromatic carbocycles. The summed E-state index contributed by atoms with van der Waals surface area (Å²) < 4.78 is 13.5. The highest BCUT2D eigenvalue weighted by molar-refractivity contribution is 5.60. The third kappa shape index (κ3) is 2.47. The van der Waals surface area contributed by atoms with Crippen LogP contribution in [-0.4, -0.2) is 42.2 Å². The smallest absolute Gasteiger partial charge is 0.235 e. The predicted molar refractivity (Wildman–Crippen MR) is 48.3 cm³/mol. The maximum absolute atomic E-state index is 13.5. The van der Waals surface area contributed by atoms with Crippen LogP contribution in [-0.2, 0) is 9.59 Å². The highest BCUT2D eigenvalue weighted by Gasteiger charge is 2.33. The average molecular weight is 200 g/mol. The van der Waals surface area contributed by atoms with Gasteiger partial charge in [-0.3, -0.25) is 9.69 Å². The molecule has 5 heteroatoms.